The average Bonchev–Trinajstić information content (AvgIpc) is 2.90. The molecule has 1 heterocycles. The van der Waals surface area contributed by atoms with Gasteiger partial charge in [0.25, 0.3) is 0 Å². The van der Waals surface area contributed by atoms with Gasteiger partial charge in [0, 0.05) is 0 Å². The van der Waals surface area contributed by atoms with E-state index in [-0.39, 0.29) is 24.8 Å². The molecule has 1 aliphatic heterocycles. The van der Waals surface area contributed by atoms with E-state index in [0.717, 1.165) is 12.3 Å². The topological polar surface area (TPSA) is 27.7 Å². The van der Waals surface area contributed by atoms with Gasteiger partial charge in [-0.2, -0.15) is 0 Å². The van der Waals surface area contributed by atoms with Crippen LogP contribution in [0.5, 0.6) is 0 Å². The Kier molecular flexibility index (Phi) is 3.64. The second-order valence-electron chi connectivity index (χ2n) is 8.34. The molecule has 5 atom stereocenters. The lowest BCUT2D eigenvalue weighted by atomic mass is 9.43. The maximum absolute atomic E-state index is 6.44. The molecule has 1 aromatic carbocycles. The van der Waals surface area contributed by atoms with Gasteiger partial charge in [0.05, 0.1) is 24.3 Å². The van der Waals surface area contributed by atoms with Crippen molar-refractivity contribution in [1.82, 2.24) is 0 Å². The van der Waals surface area contributed by atoms with E-state index in [1.165, 1.54) is 12.0 Å². The fourth-order valence-corrected chi connectivity index (χ4v) is 4.98. The predicted octanol–water partition coefficient (Wildman–Crippen LogP) is 3.86. The van der Waals surface area contributed by atoms with Crippen LogP contribution in [0.2, 0.25) is 0 Å². The van der Waals surface area contributed by atoms with Crippen molar-refractivity contribution in [2.45, 2.75) is 64.9 Å². The normalized spacial score (nSPS) is 38.8. The Bertz CT molecular complexity index is 575. The van der Waals surface area contributed by atoms with Crippen LogP contribution in [0.25, 0.3) is 0 Å². The van der Waals surface area contributed by atoms with Crippen LogP contribution in [0.3, 0.4) is 0 Å². The first-order valence-electron chi connectivity index (χ1n) is 8.90. The Morgan fingerprint density at radius 2 is 1.96 bits per heavy atom. The Balaban J connectivity index is 1.40. The summed E-state index contributed by atoms with van der Waals surface area (Å²) in [7, 11) is -0.246. The molecule has 4 unspecified atom stereocenters. The fraction of sp³-hybridized carbons (Fsp3) is 0.684. The first-order valence-corrected chi connectivity index (χ1v) is 8.90. The largest absolute Gasteiger partial charge is 0.488 e. The molecular formula is C19H27BO3. The van der Waals surface area contributed by atoms with Crippen molar-refractivity contribution < 1.29 is 14.0 Å². The molecule has 1 saturated heterocycles. The lowest BCUT2D eigenvalue weighted by molar-refractivity contribution is -0.199. The molecular weight excluding hydrogens is 287 g/mol. The molecule has 0 aromatic heterocycles. The van der Waals surface area contributed by atoms with Crippen molar-refractivity contribution in [3.05, 3.63) is 35.9 Å². The molecule has 0 N–H and O–H groups in total. The monoisotopic (exact) mass is 314 g/mol. The van der Waals surface area contributed by atoms with Gasteiger partial charge in [0.1, 0.15) is 0 Å². The molecule has 4 fully saturated rings. The van der Waals surface area contributed by atoms with Crippen LogP contribution in [-0.4, -0.2) is 24.8 Å². The van der Waals surface area contributed by atoms with Gasteiger partial charge in [-0.1, -0.05) is 44.2 Å². The van der Waals surface area contributed by atoms with Gasteiger partial charge >= 0.3 is 7.12 Å². The third kappa shape index (κ3) is 2.38. The number of ether oxygens (including phenoxy) is 1. The second kappa shape index (κ2) is 5.33. The van der Waals surface area contributed by atoms with Crippen LogP contribution in [0.1, 0.15) is 46.1 Å². The Morgan fingerprint density at radius 1 is 1.22 bits per heavy atom. The van der Waals surface area contributed by atoms with Crippen molar-refractivity contribution in [1.29, 1.82) is 0 Å². The summed E-state index contributed by atoms with van der Waals surface area (Å²) in [5, 5.41) is 0. The predicted molar refractivity (Wildman–Crippen MR) is 90.8 cm³/mol. The van der Waals surface area contributed by atoms with Gasteiger partial charge < -0.3 is 14.0 Å². The van der Waals surface area contributed by atoms with Crippen molar-refractivity contribution >= 4 is 7.12 Å². The van der Waals surface area contributed by atoms with Gasteiger partial charge in [-0.3, -0.25) is 0 Å². The molecule has 23 heavy (non-hydrogen) atoms. The quantitative estimate of drug-likeness (QED) is 0.790. The molecule has 3 saturated carbocycles. The molecule has 1 aromatic rings. The van der Waals surface area contributed by atoms with Crippen molar-refractivity contribution in [3.63, 3.8) is 0 Å². The van der Waals surface area contributed by atoms with E-state index in [0.29, 0.717) is 17.9 Å². The molecule has 0 amide bonds. The summed E-state index contributed by atoms with van der Waals surface area (Å²) in [6, 6.07) is 10.2. The van der Waals surface area contributed by atoms with Crippen LogP contribution in [0, 0.1) is 17.3 Å². The van der Waals surface area contributed by atoms with Crippen molar-refractivity contribution in [3.8, 4) is 0 Å². The molecule has 0 radical (unpaired) electrons. The number of hydrogen-bond donors (Lipinski definition) is 0. The molecule has 2 bridgehead atoms. The minimum atomic E-state index is -0.246. The van der Waals surface area contributed by atoms with Gasteiger partial charge in [0.2, 0.25) is 0 Å². The first-order chi connectivity index (χ1) is 10.9. The van der Waals surface area contributed by atoms with Gasteiger partial charge in [-0.25, -0.2) is 0 Å². The van der Waals surface area contributed by atoms with E-state index in [1.807, 2.05) is 18.2 Å². The van der Waals surface area contributed by atoms with E-state index in [4.69, 9.17) is 14.0 Å². The summed E-state index contributed by atoms with van der Waals surface area (Å²) in [5.41, 5.74) is 1.43. The molecule has 4 heteroatoms. The summed E-state index contributed by atoms with van der Waals surface area (Å²) in [6.07, 6.45) is 2.64. The van der Waals surface area contributed by atoms with E-state index < -0.39 is 0 Å². The Hall–Kier alpha value is -0.835. The minimum Gasteiger partial charge on any atom is -0.404 e. The molecule has 4 aliphatic rings. The molecule has 3 aliphatic carbocycles. The van der Waals surface area contributed by atoms with E-state index in [1.54, 1.807) is 0 Å². The van der Waals surface area contributed by atoms with Crippen LogP contribution in [0.15, 0.2) is 30.3 Å². The number of benzene rings is 1. The summed E-state index contributed by atoms with van der Waals surface area (Å²) in [6.45, 7) is 9.69. The zero-order chi connectivity index (χ0) is 16.2. The summed E-state index contributed by atoms with van der Waals surface area (Å²) < 4.78 is 18.7. The highest BCUT2D eigenvalue weighted by Gasteiger charge is 2.68. The van der Waals surface area contributed by atoms with Gasteiger partial charge in [-0.05, 0) is 49.5 Å². The van der Waals surface area contributed by atoms with Gasteiger partial charge in [-0.15, -0.1) is 0 Å². The molecule has 5 rings (SSSR count). The highest BCUT2D eigenvalue weighted by Crippen LogP contribution is 2.65. The third-order valence-electron chi connectivity index (χ3n) is 6.71. The van der Waals surface area contributed by atoms with Crippen LogP contribution >= 0.6 is 0 Å². The number of hydrogen-bond acceptors (Lipinski definition) is 3. The van der Waals surface area contributed by atoms with Crippen molar-refractivity contribution in [2.75, 3.05) is 0 Å². The SMILES string of the molecule is CC(OCc1ccccc1)B1OC2CC3CC(C3(C)C)[C@]2(C)O1. The van der Waals surface area contributed by atoms with E-state index >= 15 is 0 Å². The highest BCUT2D eigenvalue weighted by atomic mass is 16.7. The summed E-state index contributed by atoms with van der Waals surface area (Å²) >= 11 is 0. The smallest absolute Gasteiger partial charge is 0.404 e. The number of rotatable bonds is 4. The maximum Gasteiger partial charge on any atom is 0.488 e. The van der Waals surface area contributed by atoms with Crippen LogP contribution in [0.4, 0.5) is 0 Å². The Morgan fingerprint density at radius 3 is 2.65 bits per heavy atom. The zero-order valence-electron chi connectivity index (χ0n) is 14.6. The van der Waals surface area contributed by atoms with Gasteiger partial charge in [0.15, 0.2) is 0 Å². The molecule has 3 nitrogen and oxygen atoms in total. The lowest BCUT2D eigenvalue weighted by Gasteiger charge is -2.64. The first kappa shape index (κ1) is 15.7. The van der Waals surface area contributed by atoms with Crippen LogP contribution in [-0.2, 0) is 20.7 Å². The lowest BCUT2D eigenvalue weighted by Crippen LogP contribution is -2.65. The zero-order valence-corrected chi connectivity index (χ0v) is 14.6. The standard InChI is InChI=1S/C19H27BO3/c1-13(21-12-14-8-6-5-7-9-14)20-22-17-11-15-10-16(18(15,2)3)19(17,4)23-20/h5-9,13,15-17H,10-12H2,1-4H3/t13?,15?,16?,17?,19-/m0/s1. The summed E-state index contributed by atoms with van der Waals surface area (Å²) in [5.74, 6) is 1.39. The fourth-order valence-electron chi connectivity index (χ4n) is 4.98. The molecule has 0 spiro atoms. The van der Waals surface area contributed by atoms with E-state index in [2.05, 4.69) is 39.8 Å². The summed E-state index contributed by atoms with van der Waals surface area (Å²) in [4.78, 5) is 0. The van der Waals surface area contributed by atoms with Crippen molar-refractivity contribution in [2.24, 2.45) is 17.3 Å². The molecule has 124 valence electrons. The second-order valence-corrected chi connectivity index (χ2v) is 8.34. The minimum absolute atomic E-state index is 0.0575. The van der Waals surface area contributed by atoms with Crippen LogP contribution < -0.4 is 0 Å². The van der Waals surface area contributed by atoms with E-state index in [9.17, 15) is 0 Å². The third-order valence-corrected chi connectivity index (χ3v) is 6.71. The highest BCUT2D eigenvalue weighted by molar-refractivity contribution is 6.46. The maximum atomic E-state index is 6.44. The Labute approximate surface area is 139 Å². The average molecular weight is 314 g/mol.